The molecule has 0 aliphatic carbocycles. The lowest BCUT2D eigenvalue weighted by atomic mass is 9.99. The van der Waals surface area contributed by atoms with Crippen LogP contribution in [0.1, 0.15) is 92.3 Å². The maximum atomic E-state index is 14.3. The number of carboxylic acid groups (broad SMARTS) is 1. The van der Waals surface area contributed by atoms with Crippen molar-refractivity contribution in [3.8, 4) is 5.75 Å². The number of rotatable bonds is 18. The van der Waals surface area contributed by atoms with Crippen LogP contribution in [-0.4, -0.2) is 66.1 Å². The van der Waals surface area contributed by atoms with Crippen molar-refractivity contribution in [2.24, 2.45) is 5.92 Å². The number of para-hydroxylation sites is 1. The van der Waals surface area contributed by atoms with E-state index in [9.17, 15) is 24.3 Å². The van der Waals surface area contributed by atoms with Gasteiger partial charge < -0.3 is 30.0 Å². The summed E-state index contributed by atoms with van der Waals surface area (Å²) in [6.45, 7) is 22.4. The number of halogens is 1. The van der Waals surface area contributed by atoms with Gasteiger partial charge in [-0.1, -0.05) is 84.4 Å². The number of aromatic amines is 1. The Morgan fingerprint density at radius 3 is 2.00 bits per heavy atom. The number of hydrogen-bond donors (Lipinski definition) is 4. The number of carbonyl (C=O) groups excluding carboxylic acids is 3. The van der Waals surface area contributed by atoms with Gasteiger partial charge in [0.2, 0.25) is 17.7 Å². The fraction of sp³-hybridized carbons (Fsp3) is 0.500. The number of aliphatic carboxylic acids is 1. The van der Waals surface area contributed by atoms with Crippen LogP contribution in [-0.2, 0) is 25.6 Å². The van der Waals surface area contributed by atoms with E-state index < -0.39 is 44.2 Å². The van der Waals surface area contributed by atoms with E-state index in [1.807, 2.05) is 43.3 Å². The van der Waals surface area contributed by atoms with Crippen molar-refractivity contribution >= 4 is 58.8 Å². The maximum absolute atomic E-state index is 14.3. The Balaban J connectivity index is 1.97. The van der Waals surface area contributed by atoms with Crippen LogP contribution in [0.25, 0.3) is 10.9 Å². The molecule has 0 saturated carbocycles. The molecule has 52 heavy (non-hydrogen) atoms. The molecule has 3 aromatic rings. The second-order valence-corrected chi connectivity index (χ2v) is 21.2. The molecule has 284 valence electrons. The third-order valence-electron chi connectivity index (χ3n) is 10.1. The first kappa shape index (κ1) is 42.5. The van der Waals surface area contributed by atoms with Gasteiger partial charge in [0.25, 0.3) is 8.32 Å². The van der Waals surface area contributed by atoms with Crippen molar-refractivity contribution in [3.05, 3.63) is 76.4 Å². The number of allylic oxidation sites excluding steroid dienone is 1. The summed E-state index contributed by atoms with van der Waals surface area (Å²) < 4.78 is 7.49. The standard InChI is InChI=1S/C40H57BrN4O6Si/c1-23(2)20-27(9)38(48)42-28(10)40(50)45(11)35(21-32-31-14-12-13-15-33(31)43-37(32)41)39(49)44-34(22-36(46)47)29-16-18-30(19-17-29)51-52(24(3)4,25(5)6)26(7)8/h12-19,24-28,34-35,43H,1,20-22H2,2-11H3,(H,42,48)(H,44,49)(H,46,47)/t27-,28-,34+,35+/m0/s1. The molecule has 0 unspecified atom stereocenters. The Kier molecular flexibility index (Phi) is 14.9. The van der Waals surface area contributed by atoms with Crippen LogP contribution in [0.15, 0.2) is 65.3 Å². The van der Waals surface area contributed by atoms with Crippen molar-refractivity contribution in [2.75, 3.05) is 7.05 Å². The Morgan fingerprint density at radius 1 is 0.885 bits per heavy atom. The van der Waals surface area contributed by atoms with Crippen LogP contribution in [0.3, 0.4) is 0 Å². The number of benzene rings is 2. The highest BCUT2D eigenvalue weighted by molar-refractivity contribution is 9.10. The number of carbonyl (C=O) groups is 4. The highest BCUT2D eigenvalue weighted by Gasteiger charge is 2.47. The molecule has 4 N–H and O–H groups in total. The minimum absolute atomic E-state index is 0.115. The quantitative estimate of drug-likeness (QED) is 0.0755. The van der Waals surface area contributed by atoms with Crippen LogP contribution in [0.5, 0.6) is 5.75 Å². The van der Waals surface area contributed by atoms with E-state index in [4.69, 9.17) is 4.43 Å². The summed E-state index contributed by atoms with van der Waals surface area (Å²) in [5.41, 5.74) is 4.21. The number of nitrogens with zero attached hydrogens (tertiary/aromatic N) is 1. The van der Waals surface area contributed by atoms with Gasteiger partial charge >= 0.3 is 5.97 Å². The number of nitrogens with one attached hydrogen (secondary N) is 3. The smallest absolute Gasteiger partial charge is 0.305 e. The van der Waals surface area contributed by atoms with Crippen molar-refractivity contribution in [3.63, 3.8) is 0 Å². The first-order chi connectivity index (χ1) is 24.3. The molecule has 4 atom stereocenters. The summed E-state index contributed by atoms with van der Waals surface area (Å²) in [5.74, 6) is -2.03. The van der Waals surface area contributed by atoms with Crippen LogP contribution in [0.4, 0.5) is 0 Å². The number of likely N-dealkylation sites (N-methyl/N-ethyl adjacent to an activating group) is 1. The summed E-state index contributed by atoms with van der Waals surface area (Å²) in [6, 6.07) is 12.1. The molecule has 2 aromatic carbocycles. The molecule has 10 nitrogen and oxygen atoms in total. The lowest BCUT2D eigenvalue weighted by molar-refractivity contribution is -0.142. The van der Waals surface area contributed by atoms with Gasteiger partial charge in [-0.05, 0) is 82.1 Å². The minimum Gasteiger partial charge on any atom is -0.543 e. The van der Waals surface area contributed by atoms with E-state index in [2.05, 4.69) is 79.7 Å². The van der Waals surface area contributed by atoms with E-state index in [1.54, 1.807) is 26.0 Å². The molecule has 3 amide bonds. The number of amides is 3. The first-order valence-electron chi connectivity index (χ1n) is 18.1. The summed E-state index contributed by atoms with van der Waals surface area (Å²) >= 11 is 3.60. The zero-order valence-electron chi connectivity index (χ0n) is 32.3. The second kappa shape index (κ2) is 18.2. The molecule has 1 aromatic heterocycles. The number of H-pyrrole nitrogens is 1. The topological polar surface area (TPSA) is 141 Å². The molecule has 0 aliphatic heterocycles. The minimum atomic E-state index is -2.23. The molecule has 0 radical (unpaired) electrons. The van der Waals surface area contributed by atoms with Crippen LogP contribution in [0, 0.1) is 5.92 Å². The van der Waals surface area contributed by atoms with Gasteiger partial charge in [0.05, 0.1) is 17.1 Å². The third kappa shape index (κ3) is 10.2. The van der Waals surface area contributed by atoms with Crippen LogP contribution >= 0.6 is 15.9 Å². The summed E-state index contributed by atoms with van der Waals surface area (Å²) in [4.78, 5) is 57.8. The van der Waals surface area contributed by atoms with Gasteiger partial charge in [-0.3, -0.25) is 19.2 Å². The highest BCUT2D eigenvalue weighted by atomic mass is 79.9. The third-order valence-corrected chi connectivity index (χ3v) is 16.8. The fourth-order valence-electron chi connectivity index (χ4n) is 7.48. The predicted molar refractivity (Wildman–Crippen MR) is 214 cm³/mol. The largest absolute Gasteiger partial charge is 0.543 e. The molecular weight excluding hydrogens is 740 g/mol. The van der Waals surface area contributed by atoms with Crippen LogP contribution < -0.4 is 15.1 Å². The monoisotopic (exact) mass is 796 g/mol. The average molecular weight is 798 g/mol. The van der Waals surface area contributed by atoms with Crippen molar-refractivity contribution in [1.82, 2.24) is 20.5 Å². The molecule has 0 aliphatic rings. The zero-order chi connectivity index (χ0) is 39.1. The second-order valence-electron chi connectivity index (χ2n) is 15.1. The number of fused-ring (bicyclic) bond motifs is 1. The van der Waals surface area contributed by atoms with Gasteiger partial charge in [0.1, 0.15) is 17.8 Å². The SMILES string of the molecule is C=C(C)C[C@H](C)C(=O)N[C@@H](C)C(=O)N(C)[C@H](Cc1c(Br)[nH]c2ccccc12)C(=O)N[C@H](CC(=O)O)c1ccc(O[Si](C(C)C)(C(C)C)C(C)C)cc1. The zero-order valence-corrected chi connectivity index (χ0v) is 34.9. The maximum Gasteiger partial charge on any atom is 0.305 e. The normalized spacial score (nSPS) is 14.2. The van der Waals surface area contributed by atoms with Gasteiger partial charge in [0, 0.05) is 30.3 Å². The van der Waals surface area contributed by atoms with Gasteiger partial charge in [0.15, 0.2) is 0 Å². The van der Waals surface area contributed by atoms with Gasteiger partial charge in [-0.2, -0.15) is 0 Å². The summed E-state index contributed by atoms with van der Waals surface area (Å²) in [6.07, 6.45) is 0.226. The number of carboxylic acids is 1. The summed E-state index contributed by atoms with van der Waals surface area (Å²) in [5, 5.41) is 16.5. The number of aromatic nitrogens is 1. The predicted octanol–water partition coefficient (Wildman–Crippen LogP) is 8.29. The highest BCUT2D eigenvalue weighted by Crippen LogP contribution is 2.43. The van der Waals surface area contributed by atoms with E-state index in [-0.39, 0.29) is 24.7 Å². The van der Waals surface area contributed by atoms with Crippen LogP contribution in [0.2, 0.25) is 16.6 Å². The van der Waals surface area contributed by atoms with E-state index in [0.29, 0.717) is 39.0 Å². The molecule has 0 spiro atoms. The molecule has 3 rings (SSSR count). The lowest BCUT2D eigenvalue weighted by Gasteiger charge is -2.42. The molecule has 0 bridgehead atoms. The molecule has 12 heteroatoms. The van der Waals surface area contributed by atoms with E-state index in [0.717, 1.165) is 22.0 Å². The summed E-state index contributed by atoms with van der Waals surface area (Å²) in [7, 11) is -0.701. The van der Waals surface area contributed by atoms with E-state index >= 15 is 0 Å². The van der Waals surface area contributed by atoms with Crippen molar-refractivity contribution in [1.29, 1.82) is 0 Å². The Morgan fingerprint density at radius 2 is 1.46 bits per heavy atom. The van der Waals surface area contributed by atoms with E-state index in [1.165, 1.54) is 11.9 Å². The van der Waals surface area contributed by atoms with Gasteiger partial charge in [-0.15, -0.1) is 6.58 Å². The molecule has 0 saturated heterocycles. The first-order valence-corrected chi connectivity index (χ1v) is 21.0. The fourth-order valence-corrected chi connectivity index (χ4v) is 13.3. The Hall–Kier alpha value is -3.90. The molecular formula is C40H57BrN4O6Si. The molecule has 0 fully saturated rings. The Labute approximate surface area is 318 Å². The van der Waals surface area contributed by atoms with Crippen molar-refractivity contribution in [2.45, 2.75) is 116 Å². The van der Waals surface area contributed by atoms with Crippen molar-refractivity contribution < 1.29 is 28.7 Å². The van der Waals surface area contributed by atoms with Gasteiger partial charge in [-0.25, -0.2) is 0 Å². The number of hydrogen-bond acceptors (Lipinski definition) is 5. The average Bonchev–Trinajstić information content (AvgIpc) is 3.38. The Bertz CT molecular complexity index is 1720. The molecule has 1 heterocycles. The lowest BCUT2D eigenvalue weighted by Crippen LogP contribution is -2.55.